The fourth-order valence-electron chi connectivity index (χ4n) is 3.14. The molecule has 0 unspecified atom stereocenters. The van der Waals surface area contributed by atoms with Crippen molar-refractivity contribution in [1.29, 1.82) is 0 Å². The highest BCUT2D eigenvalue weighted by Gasteiger charge is 2.24. The lowest BCUT2D eigenvalue weighted by atomic mass is 10.1. The number of carbonyl (C=O) groups excluding carboxylic acids is 1. The standard InChI is InChI=1S/C24H18ClN3O4S/c1-15-8-9-17(14-21(15)28(30)31)24(29)32-23-22(33-20-12-10-18(25)11-13-20)16(2)26-27(23)19-6-4-3-5-7-19/h3-14H,1-2H3. The van der Waals surface area contributed by atoms with E-state index in [2.05, 4.69) is 5.10 Å². The van der Waals surface area contributed by atoms with Gasteiger partial charge in [0.1, 0.15) is 0 Å². The number of benzene rings is 3. The van der Waals surface area contributed by atoms with Crippen LogP contribution < -0.4 is 4.74 Å². The van der Waals surface area contributed by atoms with Crippen LogP contribution in [0.25, 0.3) is 5.69 Å². The lowest BCUT2D eigenvalue weighted by molar-refractivity contribution is -0.385. The van der Waals surface area contributed by atoms with E-state index in [0.29, 0.717) is 26.9 Å². The summed E-state index contributed by atoms with van der Waals surface area (Å²) >= 11 is 7.39. The molecule has 166 valence electrons. The first-order valence-electron chi connectivity index (χ1n) is 9.89. The van der Waals surface area contributed by atoms with Gasteiger partial charge in [-0.25, -0.2) is 4.79 Å². The number of para-hydroxylation sites is 1. The fourth-order valence-corrected chi connectivity index (χ4v) is 4.18. The maximum absolute atomic E-state index is 13.0. The summed E-state index contributed by atoms with van der Waals surface area (Å²) in [5, 5.41) is 16.5. The molecule has 1 aromatic heterocycles. The van der Waals surface area contributed by atoms with Crippen molar-refractivity contribution in [3.8, 4) is 11.6 Å². The molecular formula is C24H18ClN3O4S. The van der Waals surface area contributed by atoms with E-state index < -0.39 is 10.9 Å². The average Bonchev–Trinajstić information content (AvgIpc) is 3.11. The van der Waals surface area contributed by atoms with Crippen LogP contribution in [0.1, 0.15) is 21.6 Å². The van der Waals surface area contributed by atoms with Crippen LogP contribution in [0.3, 0.4) is 0 Å². The van der Waals surface area contributed by atoms with Gasteiger partial charge in [-0.15, -0.1) is 0 Å². The molecule has 9 heteroatoms. The average molecular weight is 480 g/mol. The molecular weight excluding hydrogens is 462 g/mol. The molecule has 3 aromatic carbocycles. The van der Waals surface area contributed by atoms with Crippen LogP contribution in [-0.4, -0.2) is 20.7 Å². The highest BCUT2D eigenvalue weighted by molar-refractivity contribution is 7.99. The molecule has 0 bridgehead atoms. The zero-order valence-corrected chi connectivity index (χ0v) is 19.3. The molecule has 0 aliphatic carbocycles. The Morgan fingerprint density at radius 1 is 1.06 bits per heavy atom. The smallest absolute Gasteiger partial charge is 0.345 e. The Labute approximate surface area is 199 Å². The van der Waals surface area contributed by atoms with Gasteiger partial charge in [-0.3, -0.25) is 10.1 Å². The fraction of sp³-hybridized carbons (Fsp3) is 0.0833. The maximum atomic E-state index is 13.0. The first-order valence-corrected chi connectivity index (χ1v) is 11.1. The van der Waals surface area contributed by atoms with Crippen molar-refractivity contribution in [1.82, 2.24) is 9.78 Å². The van der Waals surface area contributed by atoms with E-state index in [-0.39, 0.29) is 17.1 Å². The van der Waals surface area contributed by atoms with Gasteiger partial charge in [0.25, 0.3) is 5.69 Å². The second kappa shape index (κ2) is 9.48. The van der Waals surface area contributed by atoms with Crippen LogP contribution in [0.5, 0.6) is 5.88 Å². The minimum absolute atomic E-state index is 0.0770. The van der Waals surface area contributed by atoms with Crippen molar-refractivity contribution < 1.29 is 14.5 Å². The zero-order valence-electron chi connectivity index (χ0n) is 17.7. The van der Waals surface area contributed by atoms with E-state index in [0.717, 1.165) is 4.90 Å². The summed E-state index contributed by atoms with van der Waals surface area (Å²) in [5.41, 5.74) is 1.76. The third-order valence-corrected chi connectivity index (χ3v) is 6.26. The van der Waals surface area contributed by atoms with Crippen molar-refractivity contribution in [3.63, 3.8) is 0 Å². The number of hydrogen-bond donors (Lipinski definition) is 0. The monoisotopic (exact) mass is 479 g/mol. The van der Waals surface area contributed by atoms with Gasteiger partial charge in [-0.05, 0) is 56.3 Å². The predicted molar refractivity (Wildman–Crippen MR) is 127 cm³/mol. The molecule has 33 heavy (non-hydrogen) atoms. The normalized spacial score (nSPS) is 10.8. The van der Waals surface area contributed by atoms with Crippen molar-refractivity contribution >= 4 is 35.0 Å². The molecule has 0 amide bonds. The van der Waals surface area contributed by atoms with E-state index in [9.17, 15) is 14.9 Å². The molecule has 0 spiro atoms. The Morgan fingerprint density at radius 2 is 1.76 bits per heavy atom. The van der Waals surface area contributed by atoms with Gasteiger partial charge in [0.15, 0.2) is 0 Å². The van der Waals surface area contributed by atoms with Gasteiger partial charge in [0.2, 0.25) is 5.88 Å². The van der Waals surface area contributed by atoms with E-state index in [1.807, 2.05) is 49.4 Å². The summed E-state index contributed by atoms with van der Waals surface area (Å²) in [7, 11) is 0. The Kier molecular flexibility index (Phi) is 6.48. The SMILES string of the molecule is Cc1ccc(C(=O)Oc2c(Sc3ccc(Cl)cc3)c(C)nn2-c2ccccc2)cc1[N+](=O)[O-]. The number of aromatic nitrogens is 2. The molecule has 0 saturated heterocycles. The maximum Gasteiger partial charge on any atom is 0.345 e. The molecule has 0 fully saturated rings. The highest BCUT2D eigenvalue weighted by atomic mass is 35.5. The molecule has 0 N–H and O–H groups in total. The van der Waals surface area contributed by atoms with Crippen LogP contribution >= 0.6 is 23.4 Å². The van der Waals surface area contributed by atoms with Gasteiger partial charge < -0.3 is 4.74 Å². The van der Waals surface area contributed by atoms with Crippen molar-refractivity contribution in [3.05, 3.63) is 105 Å². The molecule has 1 heterocycles. The number of nitrogens with zero attached hydrogens (tertiary/aromatic N) is 3. The number of carbonyl (C=O) groups is 1. The minimum atomic E-state index is -0.715. The van der Waals surface area contributed by atoms with E-state index >= 15 is 0 Å². The quantitative estimate of drug-likeness (QED) is 0.180. The molecule has 4 rings (SSSR count). The second-order valence-electron chi connectivity index (χ2n) is 7.17. The van der Waals surface area contributed by atoms with Crippen molar-refractivity contribution in [2.75, 3.05) is 0 Å². The lowest BCUT2D eigenvalue weighted by Gasteiger charge is -2.10. The summed E-state index contributed by atoms with van der Waals surface area (Å²) in [6.07, 6.45) is 0. The number of rotatable bonds is 6. The van der Waals surface area contributed by atoms with Crippen molar-refractivity contribution in [2.45, 2.75) is 23.6 Å². The number of nitro benzene ring substituents is 1. The first kappa shape index (κ1) is 22.6. The minimum Gasteiger partial charge on any atom is -0.402 e. The van der Waals surface area contributed by atoms with Crippen LogP contribution in [0.15, 0.2) is 82.6 Å². The van der Waals surface area contributed by atoms with Gasteiger partial charge in [-0.1, -0.05) is 47.6 Å². The number of aryl methyl sites for hydroxylation is 2. The summed E-state index contributed by atoms with van der Waals surface area (Å²) in [4.78, 5) is 25.3. The first-order chi connectivity index (χ1) is 15.8. The van der Waals surface area contributed by atoms with Crippen LogP contribution in [0.2, 0.25) is 5.02 Å². The van der Waals surface area contributed by atoms with Crippen LogP contribution in [0.4, 0.5) is 5.69 Å². The third-order valence-electron chi connectivity index (χ3n) is 4.83. The predicted octanol–water partition coefficient (Wildman–Crippen LogP) is 6.42. The van der Waals surface area contributed by atoms with Gasteiger partial charge >= 0.3 is 5.97 Å². The summed E-state index contributed by atoms with van der Waals surface area (Å²) in [6.45, 7) is 3.44. The topological polar surface area (TPSA) is 87.3 Å². The Hall–Kier alpha value is -3.62. The largest absolute Gasteiger partial charge is 0.402 e. The highest BCUT2D eigenvalue weighted by Crippen LogP contribution is 2.39. The molecule has 4 aromatic rings. The third kappa shape index (κ3) is 4.92. The molecule has 7 nitrogen and oxygen atoms in total. The van der Waals surface area contributed by atoms with Crippen molar-refractivity contribution in [2.24, 2.45) is 0 Å². The second-order valence-corrected chi connectivity index (χ2v) is 8.69. The van der Waals surface area contributed by atoms with Crippen LogP contribution in [-0.2, 0) is 0 Å². The molecule has 0 atom stereocenters. The van der Waals surface area contributed by atoms with E-state index in [1.165, 1.54) is 30.0 Å². The molecule has 0 radical (unpaired) electrons. The van der Waals surface area contributed by atoms with Gasteiger partial charge in [-0.2, -0.15) is 9.78 Å². The Bertz CT molecular complexity index is 1340. The van der Waals surface area contributed by atoms with Gasteiger partial charge in [0.05, 0.1) is 26.8 Å². The Balaban J connectivity index is 1.76. The Morgan fingerprint density at radius 3 is 2.42 bits per heavy atom. The van der Waals surface area contributed by atoms with Crippen LogP contribution in [0, 0.1) is 24.0 Å². The van der Waals surface area contributed by atoms with Gasteiger partial charge in [0, 0.05) is 21.5 Å². The lowest BCUT2D eigenvalue weighted by Crippen LogP contribution is -2.13. The molecule has 0 aliphatic heterocycles. The number of nitro groups is 1. The number of hydrogen-bond acceptors (Lipinski definition) is 6. The number of esters is 1. The summed E-state index contributed by atoms with van der Waals surface area (Å²) in [6, 6.07) is 20.8. The summed E-state index contributed by atoms with van der Waals surface area (Å²) < 4.78 is 7.35. The number of halogens is 1. The van der Waals surface area contributed by atoms with E-state index in [4.69, 9.17) is 16.3 Å². The number of ether oxygens (including phenoxy) is 1. The van der Waals surface area contributed by atoms with E-state index in [1.54, 1.807) is 23.7 Å². The summed E-state index contributed by atoms with van der Waals surface area (Å²) in [5.74, 6) is -0.486. The zero-order chi connectivity index (χ0) is 23.5. The molecule has 0 aliphatic rings. The molecule has 0 saturated carbocycles.